The molecular formula is C14H11BrN2O3S2. The van der Waals surface area contributed by atoms with Crippen LogP contribution in [0.5, 0.6) is 0 Å². The first-order chi connectivity index (χ1) is 10.4. The van der Waals surface area contributed by atoms with Gasteiger partial charge < -0.3 is 5.32 Å². The van der Waals surface area contributed by atoms with Gasteiger partial charge in [-0.25, -0.2) is 4.79 Å². The van der Waals surface area contributed by atoms with E-state index in [4.69, 9.17) is 0 Å². The summed E-state index contributed by atoms with van der Waals surface area (Å²) in [6.45, 7) is 1.39. The van der Waals surface area contributed by atoms with E-state index in [9.17, 15) is 14.4 Å². The van der Waals surface area contributed by atoms with Gasteiger partial charge in [0.2, 0.25) is 0 Å². The quantitative estimate of drug-likeness (QED) is 0.634. The fourth-order valence-corrected chi connectivity index (χ4v) is 4.58. The molecule has 114 valence electrons. The lowest BCUT2D eigenvalue weighted by molar-refractivity contribution is -0.130. The summed E-state index contributed by atoms with van der Waals surface area (Å²) in [5, 5.41) is 8.12. The van der Waals surface area contributed by atoms with Gasteiger partial charge in [-0.3, -0.25) is 14.5 Å². The van der Waals surface area contributed by atoms with E-state index in [1.807, 2.05) is 10.8 Å². The summed E-state index contributed by atoms with van der Waals surface area (Å²) in [4.78, 5) is 38.5. The third-order valence-corrected chi connectivity index (χ3v) is 6.11. The number of rotatable bonds is 4. The zero-order valence-corrected chi connectivity index (χ0v) is 14.7. The van der Waals surface area contributed by atoms with Gasteiger partial charge in [-0.15, -0.1) is 11.3 Å². The van der Waals surface area contributed by atoms with Crippen LogP contribution < -0.4 is 5.32 Å². The average molecular weight is 399 g/mol. The van der Waals surface area contributed by atoms with Crippen LogP contribution in [0.15, 0.2) is 32.7 Å². The van der Waals surface area contributed by atoms with Crippen molar-refractivity contribution in [3.05, 3.63) is 43.2 Å². The number of carbonyl (C=O) groups excluding carboxylic acids is 3. The van der Waals surface area contributed by atoms with E-state index in [0.29, 0.717) is 9.35 Å². The van der Waals surface area contributed by atoms with Crippen LogP contribution in [0.1, 0.15) is 22.2 Å². The van der Waals surface area contributed by atoms with Gasteiger partial charge in [-0.2, -0.15) is 11.3 Å². The second kappa shape index (κ2) is 5.60. The van der Waals surface area contributed by atoms with E-state index in [2.05, 4.69) is 21.2 Å². The molecule has 1 aliphatic rings. The van der Waals surface area contributed by atoms with E-state index in [1.165, 1.54) is 22.7 Å². The van der Waals surface area contributed by atoms with Gasteiger partial charge >= 0.3 is 6.03 Å². The molecule has 1 saturated heterocycles. The zero-order valence-electron chi connectivity index (χ0n) is 11.5. The highest BCUT2D eigenvalue weighted by Gasteiger charge is 2.49. The van der Waals surface area contributed by atoms with Crippen LogP contribution in [0.3, 0.4) is 0 Å². The number of carbonyl (C=O) groups is 3. The lowest BCUT2D eigenvalue weighted by Gasteiger charge is -2.20. The number of ketones is 1. The van der Waals surface area contributed by atoms with Crippen molar-refractivity contribution < 1.29 is 14.4 Å². The van der Waals surface area contributed by atoms with Crippen LogP contribution in [0.25, 0.3) is 0 Å². The molecule has 0 radical (unpaired) electrons. The Hall–Kier alpha value is -1.51. The van der Waals surface area contributed by atoms with E-state index >= 15 is 0 Å². The summed E-state index contributed by atoms with van der Waals surface area (Å²) < 4.78 is 0.676. The second-order valence-corrected chi connectivity index (χ2v) is 7.53. The number of urea groups is 1. The van der Waals surface area contributed by atoms with Crippen molar-refractivity contribution in [1.82, 2.24) is 10.2 Å². The molecule has 3 heterocycles. The Morgan fingerprint density at radius 3 is 2.73 bits per heavy atom. The smallest absolute Gasteiger partial charge is 0.319 e. The summed E-state index contributed by atoms with van der Waals surface area (Å²) >= 11 is 6.01. The maximum Gasteiger partial charge on any atom is 0.325 e. The number of nitrogens with zero attached hydrogens (tertiary/aromatic N) is 1. The first-order valence-electron chi connectivity index (χ1n) is 6.36. The minimum absolute atomic E-state index is 0.260. The fraction of sp³-hybridized carbons (Fsp3) is 0.214. The van der Waals surface area contributed by atoms with Crippen molar-refractivity contribution in [2.24, 2.45) is 0 Å². The van der Waals surface area contributed by atoms with Gasteiger partial charge in [0.25, 0.3) is 5.91 Å². The molecule has 2 aromatic rings. The Morgan fingerprint density at radius 2 is 2.14 bits per heavy atom. The summed E-state index contributed by atoms with van der Waals surface area (Å²) in [5.74, 6) is -0.670. The number of nitrogens with one attached hydrogen (secondary N) is 1. The zero-order chi connectivity index (χ0) is 15.9. The normalized spacial score (nSPS) is 21.3. The SMILES string of the molecule is CC1(c2ccsc2)NC(=O)N(CC(=O)c2sccc2Br)C1=O. The minimum Gasteiger partial charge on any atom is -0.319 e. The highest BCUT2D eigenvalue weighted by Crippen LogP contribution is 2.31. The first kappa shape index (κ1) is 15.4. The number of Topliss-reactive ketones (excluding diaryl/α,β-unsaturated/α-hetero) is 1. The Labute approximate surface area is 143 Å². The number of hydrogen-bond donors (Lipinski definition) is 1. The Morgan fingerprint density at radius 1 is 1.36 bits per heavy atom. The van der Waals surface area contributed by atoms with Gasteiger partial charge in [0.15, 0.2) is 5.78 Å². The van der Waals surface area contributed by atoms with Crippen LogP contribution in [0, 0.1) is 0 Å². The maximum absolute atomic E-state index is 12.6. The molecule has 0 bridgehead atoms. The average Bonchev–Trinajstić information content (AvgIpc) is 3.17. The molecule has 0 spiro atoms. The Balaban J connectivity index is 1.84. The van der Waals surface area contributed by atoms with Crippen molar-refractivity contribution in [3.8, 4) is 0 Å². The molecule has 1 atom stereocenters. The number of halogens is 1. The number of amides is 3. The summed E-state index contributed by atoms with van der Waals surface area (Å²) in [5.41, 5.74) is -0.382. The van der Waals surface area contributed by atoms with Gasteiger partial charge in [-0.05, 0) is 56.7 Å². The molecule has 2 aromatic heterocycles. The number of hydrogen-bond acceptors (Lipinski definition) is 5. The van der Waals surface area contributed by atoms with Crippen molar-refractivity contribution >= 4 is 56.3 Å². The van der Waals surface area contributed by atoms with Gasteiger partial charge in [0.1, 0.15) is 5.54 Å². The molecular weight excluding hydrogens is 388 g/mol. The topological polar surface area (TPSA) is 66.5 Å². The molecule has 1 aliphatic heterocycles. The maximum atomic E-state index is 12.6. The van der Waals surface area contributed by atoms with Crippen molar-refractivity contribution in [2.75, 3.05) is 6.54 Å². The number of imide groups is 1. The Kier molecular flexibility index (Phi) is 3.92. The summed E-state index contributed by atoms with van der Waals surface area (Å²) in [7, 11) is 0. The lowest BCUT2D eigenvalue weighted by Crippen LogP contribution is -2.41. The molecule has 0 aromatic carbocycles. The monoisotopic (exact) mass is 398 g/mol. The van der Waals surface area contributed by atoms with Gasteiger partial charge in [-0.1, -0.05) is 0 Å². The molecule has 22 heavy (non-hydrogen) atoms. The van der Waals surface area contributed by atoms with Crippen LogP contribution in [0.2, 0.25) is 0 Å². The van der Waals surface area contributed by atoms with E-state index in [1.54, 1.807) is 24.4 Å². The fourth-order valence-electron chi connectivity index (χ4n) is 2.29. The predicted molar refractivity (Wildman–Crippen MR) is 88.3 cm³/mol. The molecule has 3 rings (SSSR count). The number of thiophene rings is 2. The molecule has 0 saturated carbocycles. The molecule has 1 unspecified atom stereocenters. The largest absolute Gasteiger partial charge is 0.325 e. The second-order valence-electron chi connectivity index (χ2n) is 4.98. The molecule has 8 heteroatoms. The van der Waals surface area contributed by atoms with Crippen LogP contribution in [0.4, 0.5) is 4.79 Å². The van der Waals surface area contributed by atoms with Crippen molar-refractivity contribution in [3.63, 3.8) is 0 Å². The van der Waals surface area contributed by atoms with E-state index in [-0.39, 0.29) is 12.3 Å². The molecule has 0 aliphatic carbocycles. The van der Waals surface area contributed by atoms with E-state index < -0.39 is 17.5 Å². The Bertz CT molecular complexity index is 756. The standard InChI is InChI=1S/C14H11BrN2O3S2/c1-14(8-2-4-21-7-8)12(19)17(13(20)16-14)6-10(18)11-9(15)3-5-22-11/h2-5,7H,6H2,1H3,(H,16,20). The van der Waals surface area contributed by atoms with Gasteiger partial charge in [0, 0.05) is 4.47 Å². The van der Waals surface area contributed by atoms with Crippen LogP contribution >= 0.6 is 38.6 Å². The minimum atomic E-state index is -1.11. The third-order valence-electron chi connectivity index (χ3n) is 3.55. The highest BCUT2D eigenvalue weighted by molar-refractivity contribution is 9.10. The highest BCUT2D eigenvalue weighted by atomic mass is 79.9. The molecule has 1 N–H and O–H groups in total. The van der Waals surface area contributed by atoms with Crippen LogP contribution in [-0.4, -0.2) is 29.2 Å². The first-order valence-corrected chi connectivity index (χ1v) is 8.98. The third kappa shape index (κ3) is 2.41. The molecule has 3 amide bonds. The van der Waals surface area contributed by atoms with Crippen molar-refractivity contribution in [2.45, 2.75) is 12.5 Å². The predicted octanol–water partition coefficient (Wildman–Crippen LogP) is 3.22. The van der Waals surface area contributed by atoms with E-state index in [0.717, 1.165) is 10.5 Å². The molecule has 1 fully saturated rings. The summed E-state index contributed by atoms with van der Waals surface area (Å²) in [6, 6.07) is 3.02. The van der Waals surface area contributed by atoms with Crippen LogP contribution in [-0.2, 0) is 10.3 Å². The van der Waals surface area contributed by atoms with Crippen molar-refractivity contribution in [1.29, 1.82) is 0 Å². The lowest BCUT2D eigenvalue weighted by atomic mass is 9.95. The molecule has 5 nitrogen and oxygen atoms in total. The van der Waals surface area contributed by atoms with Gasteiger partial charge in [0.05, 0.1) is 11.4 Å². The summed E-state index contributed by atoms with van der Waals surface area (Å²) in [6.07, 6.45) is 0.